The normalized spacial score (nSPS) is 13.2. The molecule has 0 fully saturated rings. The molecule has 14 heteroatoms. The van der Waals surface area contributed by atoms with Crippen LogP contribution >= 0.6 is 0 Å². The van der Waals surface area contributed by atoms with Crippen molar-refractivity contribution in [1.29, 1.82) is 0 Å². The van der Waals surface area contributed by atoms with Crippen LogP contribution in [-0.4, -0.2) is 57.4 Å². The minimum absolute atomic E-state index is 0.00768. The maximum atomic E-state index is 12.4. The van der Waals surface area contributed by atoms with Crippen LogP contribution in [-0.2, 0) is 57.1 Å². The van der Waals surface area contributed by atoms with Gasteiger partial charge in [-0.1, -0.05) is 42.0 Å². The first-order chi connectivity index (χ1) is 23.9. The van der Waals surface area contributed by atoms with E-state index in [0.29, 0.717) is 22.3 Å². The molecule has 0 saturated heterocycles. The largest absolute Gasteiger partial charge is 0.507 e. The van der Waals surface area contributed by atoms with E-state index < -0.39 is 36.0 Å². The molecule has 7 N–H and O–H groups in total. The number of carbonyl (C=O) groups is 1. The maximum absolute atomic E-state index is 12.4. The van der Waals surface area contributed by atoms with Gasteiger partial charge in [-0.05, 0) is 82.3 Å². The molecule has 51 heavy (non-hydrogen) atoms. The molecule has 0 radical (unpaired) electrons. The van der Waals surface area contributed by atoms with Gasteiger partial charge in [0.15, 0.2) is 0 Å². The minimum atomic E-state index is -4.79. The summed E-state index contributed by atoms with van der Waals surface area (Å²) >= 11 is 0. The summed E-state index contributed by atoms with van der Waals surface area (Å²) in [4.78, 5) is 10.2. The molecular formula is C37H32O12S2. The second-order valence-electron chi connectivity index (χ2n) is 12.7. The zero-order chi connectivity index (χ0) is 37.0. The van der Waals surface area contributed by atoms with Crippen LogP contribution in [0.5, 0.6) is 23.0 Å². The summed E-state index contributed by atoms with van der Waals surface area (Å²) < 4.78 is 69.7. The standard InChI is InChI=1S/C37H32O12S2/c1-19-6-23-11-27-15-31(50(44,45)46)17-29(36(27)42)13-25-9-22(21-4-2-20(3-5-21)8-33(38)39)10-26(35(25)41)14-30-18-32(51(47,48)49)16-28(37(30)43)12-24(7-19)34(23)40/h2-7,9-10,15-18,40-43H,8,11-14H2,1H3,(H,38,39)(H,44,45,46)(H,47,48,49). The molecule has 5 aromatic carbocycles. The molecule has 264 valence electrons. The van der Waals surface area contributed by atoms with E-state index in [0.717, 1.165) is 24.3 Å². The highest BCUT2D eigenvalue weighted by molar-refractivity contribution is 7.86. The summed E-state index contributed by atoms with van der Waals surface area (Å²) in [7, 11) is -9.58. The second kappa shape index (κ2) is 13.0. The lowest BCUT2D eigenvalue weighted by molar-refractivity contribution is -0.136. The van der Waals surface area contributed by atoms with E-state index in [1.54, 1.807) is 55.5 Å². The van der Waals surface area contributed by atoms with Crippen LogP contribution in [0.25, 0.3) is 11.1 Å². The van der Waals surface area contributed by atoms with Crippen LogP contribution in [0.1, 0.15) is 55.6 Å². The molecule has 0 spiro atoms. The van der Waals surface area contributed by atoms with Gasteiger partial charge in [0.05, 0.1) is 16.2 Å². The molecule has 0 amide bonds. The Morgan fingerprint density at radius 2 is 0.843 bits per heavy atom. The van der Waals surface area contributed by atoms with Crippen molar-refractivity contribution in [1.82, 2.24) is 0 Å². The average Bonchev–Trinajstić information content (AvgIpc) is 3.03. The van der Waals surface area contributed by atoms with Gasteiger partial charge in [0.25, 0.3) is 20.2 Å². The lowest BCUT2D eigenvalue weighted by Gasteiger charge is -2.19. The Morgan fingerprint density at radius 1 is 0.529 bits per heavy atom. The van der Waals surface area contributed by atoms with Gasteiger partial charge >= 0.3 is 5.97 Å². The van der Waals surface area contributed by atoms with Crippen molar-refractivity contribution in [2.24, 2.45) is 0 Å². The Bertz CT molecular complexity index is 2330. The van der Waals surface area contributed by atoms with Gasteiger partial charge in [0.1, 0.15) is 23.0 Å². The topological polar surface area (TPSA) is 227 Å². The van der Waals surface area contributed by atoms with Crippen LogP contribution < -0.4 is 0 Å². The van der Waals surface area contributed by atoms with Gasteiger partial charge in [-0.2, -0.15) is 16.8 Å². The molecule has 0 aliphatic heterocycles. The quantitative estimate of drug-likeness (QED) is 0.112. The van der Waals surface area contributed by atoms with E-state index in [-0.39, 0.29) is 99.6 Å². The van der Waals surface area contributed by atoms with Crippen LogP contribution in [0.4, 0.5) is 0 Å². The first kappa shape index (κ1) is 35.4. The Balaban J connectivity index is 1.65. The van der Waals surface area contributed by atoms with E-state index in [1.807, 2.05) is 0 Å². The van der Waals surface area contributed by atoms with E-state index in [1.165, 1.54) is 0 Å². The Hall–Kier alpha value is -5.41. The zero-order valence-electron chi connectivity index (χ0n) is 27.0. The van der Waals surface area contributed by atoms with Gasteiger partial charge in [0, 0.05) is 47.9 Å². The Kier molecular flexibility index (Phi) is 9.06. The molecule has 1 aliphatic carbocycles. The third-order valence-corrected chi connectivity index (χ3v) is 10.6. The summed E-state index contributed by atoms with van der Waals surface area (Å²) in [5.74, 6) is -2.31. The number of aliphatic carboxylic acids is 1. The van der Waals surface area contributed by atoms with Crippen LogP contribution in [0.2, 0.25) is 0 Å². The Labute approximate surface area is 293 Å². The predicted octanol–water partition coefficient (Wildman–Crippen LogP) is 5.28. The summed E-state index contributed by atoms with van der Waals surface area (Å²) in [6.07, 6.45) is -1.21. The lowest BCUT2D eigenvalue weighted by atomic mass is 9.89. The molecule has 0 aromatic heterocycles. The van der Waals surface area contributed by atoms with Crippen LogP contribution in [0.15, 0.2) is 82.6 Å². The van der Waals surface area contributed by atoms with E-state index in [4.69, 9.17) is 0 Å². The van der Waals surface area contributed by atoms with Crippen molar-refractivity contribution >= 4 is 26.2 Å². The van der Waals surface area contributed by atoms with Gasteiger partial charge in [-0.15, -0.1) is 0 Å². The number of hydrogen-bond donors (Lipinski definition) is 7. The second-order valence-corrected chi connectivity index (χ2v) is 15.5. The van der Waals surface area contributed by atoms with E-state index in [9.17, 15) is 56.3 Å². The number of aryl methyl sites for hydroxylation is 1. The number of phenolic OH excluding ortho intramolecular Hbond substituents is 4. The molecule has 8 bridgehead atoms. The summed E-state index contributed by atoms with van der Waals surface area (Å²) in [5.41, 5.74) is 3.15. The van der Waals surface area contributed by atoms with Crippen LogP contribution in [0.3, 0.4) is 0 Å². The smallest absolute Gasteiger partial charge is 0.307 e. The fourth-order valence-corrected chi connectivity index (χ4v) is 7.67. The van der Waals surface area contributed by atoms with Gasteiger partial charge in [-0.25, -0.2) is 0 Å². The average molecular weight is 733 g/mol. The van der Waals surface area contributed by atoms with Gasteiger partial charge in [0.2, 0.25) is 0 Å². The molecule has 1 aliphatic rings. The number of fused-ring (bicyclic) bond motifs is 8. The fourth-order valence-electron chi connectivity index (χ4n) is 6.50. The predicted molar refractivity (Wildman–Crippen MR) is 185 cm³/mol. The molecule has 0 saturated carbocycles. The van der Waals surface area contributed by atoms with E-state index >= 15 is 0 Å². The highest BCUT2D eigenvalue weighted by atomic mass is 32.2. The summed E-state index contributed by atoms with van der Waals surface area (Å²) in [6.45, 7) is 1.72. The Morgan fingerprint density at radius 3 is 1.16 bits per heavy atom. The SMILES string of the molecule is Cc1cc2c(O)c(c1)Cc1cc(S(=O)(=O)O)cc(c1O)Cc1cc(-c3ccc(CC(=O)O)cc3)cc(c1O)Cc1cc(S(=O)(=O)O)cc(c1O)C2. The molecule has 0 heterocycles. The molecule has 12 nitrogen and oxygen atoms in total. The molecule has 0 unspecified atom stereocenters. The number of carboxylic acid groups (broad SMARTS) is 1. The maximum Gasteiger partial charge on any atom is 0.307 e. The number of phenols is 4. The summed E-state index contributed by atoms with van der Waals surface area (Å²) in [5, 5.41) is 55.2. The number of carboxylic acids is 1. The minimum Gasteiger partial charge on any atom is -0.507 e. The zero-order valence-corrected chi connectivity index (χ0v) is 28.6. The number of rotatable bonds is 5. The van der Waals surface area contributed by atoms with Crippen LogP contribution in [0, 0.1) is 6.92 Å². The number of aromatic hydroxyl groups is 4. The molecule has 0 atom stereocenters. The van der Waals surface area contributed by atoms with Gasteiger partial charge < -0.3 is 25.5 Å². The molecular weight excluding hydrogens is 701 g/mol. The fraction of sp³-hybridized carbons (Fsp3) is 0.162. The molecule has 5 aromatic rings. The molecule has 6 rings (SSSR count). The summed E-state index contributed by atoms with van der Waals surface area (Å²) in [6, 6.07) is 17.2. The van der Waals surface area contributed by atoms with Crippen molar-refractivity contribution in [2.75, 3.05) is 0 Å². The van der Waals surface area contributed by atoms with Crippen molar-refractivity contribution in [3.8, 4) is 34.1 Å². The lowest BCUT2D eigenvalue weighted by Crippen LogP contribution is -2.06. The van der Waals surface area contributed by atoms with Crippen molar-refractivity contribution in [3.05, 3.63) is 128 Å². The third kappa shape index (κ3) is 7.39. The van der Waals surface area contributed by atoms with Crippen molar-refractivity contribution < 1.29 is 56.3 Å². The van der Waals surface area contributed by atoms with Crippen molar-refractivity contribution in [2.45, 2.75) is 48.8 Å². The van der Waals surface area contributed by atoms with Crippen molar-refractivity contribution in [3.63, 3.8) is 0 Å². The van der Waals surface area contributed by atoms with Gasteiger partial charge in [-0.3, -0.25) is 13.9 Å². The highest BCUT2D eigenvalue weighted by Gasteiger charge is 2.24. The third-order valence-electron chi connectivity index (χ3n) is 8.92. The monoisotopic (exact) mass is 732 g/mol. The van der Waals surface area contributed by atoms with E-state index in [2.05, 4.69) is 0 Å². The first-order valence-electron chi connectivity index (χ1n) is 15.5. The first-order valence-corrected chi connectivity index (χ1v) is 18.4. The highest BCUT2D eigenvalue weighted by Crippen LogP contribution is 2.41. The number of hydrogen-bond acceptors (Lipinski definition) is 9. The number of benzene rings is 5.